The number of hydrogen-bond donors (Lipinski definition) is 2. The highest BCUT2D eigenvalue weighted by atomic mass is 16.6. The molecular formula is C21H40O6. The minimum Gasteiger partial charge on any atom is -0.392 e. The second-order valence-electron chi connectivity index (χ2n) is 9.01. The van der Waals surface area contributed by atoms with E-state index in [-0.39, 0.29) is 47.6 Å². The Labute approximate surface area is 164 Å². The molecule has 0 aliphatic carbocycles. The Balaban J connectivity index is 1.90. The van der Waals surface area contributed by atoms with Crippen LogP contribution in [0.25, 0.3) is 0 Å². The number of aliphatic hydroxyl groups excluding tert-OH is 2. The van der Waals surface area contributed by atoms with Crippen LogP contribution >= 0.6 is 0 Å². The van der Waals surface area contributed by atoms with Gasteiger partial charge < -0.3 is 29.2 Å². The van der Waals surface area contributed by atoms with Gasteiger partial charge in [0.05, 0.1) is 55.9 Å². The SMILES string of the molecule is CC[C@@H]1[C@H](O)C(C)[C@H](COC[C@H]2C(C)O[C@@H](COC)C(C)[C@H]2O)OC1(C)C. The molecule has 6 nitrogen and oxygen atoms in total. The molecule has 0 aromatic heterocycles. The third kappa shape index (κ3) is 5.03. The van der Waals surface area contributed by atoms with E-state index < -0.39 is 12.2 Å². The molecule has 0 radical (unpaired) electrons. The fourth-order valence-corrected chi connectivity index (χ4v) is 4.80. The first kappa shape index (κ1) is 23.0. The van der Waals surface area contributed by atoms with Crippen LogP contribution in [0.1, 0.15) is 48.0 Å². The summed E-state index contributed by atoms with van der Waals surface area (Å²) in [5.74, 6) is 0.0350. The third-order valence-corrected chi connectivity index (χ3v) is 6.80. The molecule has 0 amide bonds. The van der Waals surface area contributed by atoms with Crippen LogP contribution in [-0.4, -0.2) is 73.3 Å². The molecule has 9 atom stereocenters. The van der Waals surface area contributed by atoms with Crippen molar-refractivity contribution < 1.29 is 29.2 Å². The molecule has 0 saturated carbocycles. The van der Waals surface area contributed by atoms with Gasteiger partial charge in [0.1, 0.15) is 0 Å². The Morgan fingerprint density at radius 3 is 2.15 bits per heavy atom. The molecule has 2 saturated heterocycles. The molecule has 160 valence electrons. The van der Waals surface area contributed by atoms with E-state index in [1.165, 1.54) is 0 Å². The topological polar surface area (TPSA) is 77.4 Å². The zero-order chi connectivity index (χ0) is 20.4. The monoisotopic (exact) mass is 388 g/mol. The second kappa shape index (κ2) is 9.51. The zero-order valence-corrected chi connectivity index (χ0v) is 18.1. The first-order valence-electron chi connectivity index (χ1n) is 10.4. The van der Waals surface area contributed by atoms with Crippen molar-refractivity contribution in [2.24, 2.45) is 23.7 Å². The summed E-state index contributed by atoms with van der Waals surface area (Å²) in [4.78, 5) is 0. The van der Waals surface area contributed by atoms with Gasteiger partial charge in [-0.15, -0.1) is 0 Å². The number of aliphatic hydroxyl groups is 2. The van der Waals surface area contributed by atoms with Gasteiger partial charge in [-0.3, -0.25) is 0 Å². The van der Waals surface area contributed by atoms with Crippen LogP contribution in [0.4, 0.5) is 0 Å². The largest absolute Gasteiger partial charge is 0.392 e. The van der Waals surface area contributed by atoms with Crippen molar-refractivity contribution in [3.05, 3.63) is 0 Å². The quantitative estimate of drug-likeness (QED) is 0.697. The number of hydrogen-bond acceptors (Lipinski definition) is 6. The Bertz CT molecular complexity index is 456. The van der Waals surface area contributed by atoms with Gasteiger partial charge in [-0.25, -0.2) is 0 Å². The van der Waals surface area contributed by atoms with E-state index in [9.17, 15) is 10.2 Å². The van der Waals surface area contributed by atoms with Gasteiger partial charge in [0, 0.05) is 30.8 Å². The molecule has 0 aromatic rings. The van der Waals surface area contributed by atoms with E-state index in [4.69, 9.17) is 18.9 Å². The summed E-state index contributed by atoms with van der Waals surface area (Å²) in [6.45, 7) is 13.5. The molecule has 0 bridgehead atoms. The van der Waals surface area contributed by atoms with E-state index in [1.54, 1.807) is 7.11 Å². The normalized spacial score (nSPS) is 45.0. The van der Waals surface area contributed by atoms with Crippen molar-refractivity contribution in [1.29, 1.82) is 0 Å². The van der Waals surface area contributed by atoms with Gasteiger partial charge in [-0.2, -0.15) is 0 Å². The van der Waals surface area contributed by atoms with Gasteiger partial charge in [0.25, 0.3) is 0 Å². The Kier molecular flexibility index (Phi) is 8.11. The third-order valence-electron chi connectivity index (χ3n) is 6.80. The zero-order valence-electron chi connectivity index (χ0n) is 18.1. The summed E-state index contributed by atoms with van der Waals surface area (Å²) in [7, 11) is 1.65. The van der Waals surface area contributed by atoms with Crippen LogP contribution in [0.3, 0.4) is 0 Å². The number of rotatable bonds is 7. The fraction of sp³-hybridized carbons (Fsp3) is 1.00. The molecule has 6 heteroatoms. The molecule has 2 aliphatic heterocycles. The Hall–Kier alpha value is -0.240. The molecule has 2 fully saturated rings. The minimum atomic E-state index is -0.495. The minimum absolute atomic E-state index is 0.00864. The van der Waals surface area contributed by atoms with Crippen molar-refractivity contribution in [2.45, 2.75) is 84.1 Å². The van der Waals surface area contributed by atoms with Crippen LogP contribution in [0.15, 0.2) is 0 Å². The average molecular weight is 389 g/mol. The standard InChI is InChI=1S/C21H40O6/c1-8-16-20(23)13(3)18(27-21(16,5)6)11-25-9-15-14(4)26-17(10-24-7)12(2)19(15)22/h12-20,22-23H,8-11H2,1-7H3/t12?,13?,14?,15-,16+,17-,18-,19+,20+/m0/s1. The summed E-state index contributed by atoms with van der Waals surface area (Å²) in [5, 5.41) is 21.4. The van der Waals surface area contributed by atoms with Crippen molar-refractivity contribution in [3.8, 4) is 0 Å². The van der Waals surface area contributed by atoms with E-state index in [2.05, 4.69) is 6.92 Å². The maximum Gasteiger partial charge on any atom is 0.0866 e. The number of ether oxygens (including phenoxy) is 4. The smallest absolute Gasteiger partial charge is 0.0866 e. The van der Waals surface area contributed by atoms with Crippen LogP contribution in [-0.2, 0) is 18.9 Å². The van der Waals surface area contributed by atoms with Crippen molar-refractivity contribution in [3.63, 3.8) is 0 Å². The fourth-order valence-electron chi connectivity index (χ4n) is 4.80. The van der Waals surface area contributed by atoms with Crippen molar-refractivity contribution in [1.82, 2.24) is 0 Å². The van der Waals surface area contributed by atoms with Gasteiger partial charge in [0.15, 0.2) is 0 Å². The lowest BCUT2D eigenvalue weighted by molar-refractivity contribution is -0.230. The molecule has 2 rings (SSSR count). The highest BCUT2D eigenvalue weighted by Gasteiger charge is 2.47. The summed E-state index contributed by atoms with van der Waals surface area (Å²) in [6.07, 6.45) is -0.369. The molecule has 2 N–H and O–H groups in total. The predicted octanol–water partition coefficient (Wildman–Crippen LogP) is 2.25. The molecule has 3 unspecified atom stereocenters. The summed E-state index contributed by atoms with van der Waals surface area (Å²) in [5.41, 5.74) is -0.378. The summed E-state index contributed by atoms with van der Waals surface area (Å²) in [6, 6.07) is 0. The van der Waals surface area contributed by atoms with E-state index in [1.807, 2.05) is 34.6 Å². The van der Waals surface area contributed by atoms with Gasteiger partial charge in [-0.1, -0.05) is 20.8 Å². The molecule has 27 heavy (non-hydrogen) atoms. The van der Waals surface area contributed by atoms with E-state index in [0.717, 1.165) is 6.42 Å². The summed E-state index contributed by atoms with van der Waals surface area (Å²) >= 11 is 0. The Morgan fingerprint density at radius 1 is 0.926 bits per heavy atom. The summed E-state index contributed by atoms with van der Waals surface area (Å²) < 4.78 is 23.5. The molecule has 2 heterocycles. The van der Waals surface area contributed by atoms with Crippen LogP contribution in [0.5, 0.6) is 0 Å². The van der Waals surface area contributed by atoms with Crippen molar-refractivity contribution in [2.75, 3.05) is 26.9 Å². The number of methoxy groups -OCH3 is 1. The highest BCUT2D eigenvalue weighted by molar-refractivity contribution is 4.95. The van der Waals surface area contributed by atoms with Gasteiger partial charge >= 0.3 is 0 Å². The van der Waals surface area contributed by atoms with E-state index >= 15 is 0 Å². The maximum absolute atomic E-state index is 10.7. The maximum atomic E-state index is 10.7. The molecule has 0 spiro atoms. The van der Waals surface area contributed by atoms with Crippen LogP contribution in [0, 0.1) is 23.7 Å². The second-order valence-corrected chi connectivity index (χ2v) is 9.01. The molecular weight excluding hydrogens is 348 g/mol. The predicted molar refractivity (Wildman–Crippen MR) is 104 cm³/mol. The lowest BCUT2D eigenvalue weighted by Gasteiger charge is -2.49. The highest BCUT2D eigenvalue weighted by Crippen LogP contribution is 2.39. The molecule has 0 aromatic carbocycles. The molecule has 2 aliphatic rings. The first-order valence-corrected chi connectivity index (χ1v) is 10.4. The lowest BCUT2D eigenvalue weighted by Crippen LogP contribution is -2.56. The van der Waals surface area contributed by atoms with Crippen LogP contribution < -0.4 is 0 Å². The first-order chi connectivity index (χ1) is 12.6. The van der Waals surface area contributed by atoms with Gasteiger partial charge in [0.2, 0.25) is 0 Å². The van der Waals surface area contributed by atoms with E-state index in [0.29, 0.717) is 19.8 Å². The van der Waals surface area contributed by atoms with Gasteiger partial charge in [-0.05, 0) is 27.2 Å². The van der Waals surface area contributed by atoms with Crippen molar-refractivity contribution >= 4 is 0 Å². The van der Waals surface area contributed by atoms with Crippen LogP contribution in [0.2, 0.25) is 0 Å². The Morgan fingerprint density at radius 2 is 1.56 bits per heavy atom. The lowest BCUT2D eigenvalue weighted by atomic mass is 9.74. The average Bonchev–Trinajstić information content (AvgIpc) is 2.60.